The Kier molecular flexibility index (Phi) is 9.81. The molecular weight excluding hydrogens is 850 g/mol. The highest BCUT2D eigenvalue weighted by molar-refractivity contribution is 9.11. The van der Waals surface area contributed by atoms with Gasteiger partial charge in [0, 0.05) is 64.9 Å². The van der Waals surface area contributed by atoms with E-state index in [2.05, 4.69) is 176 Å². The molecule has 2 aromatic heterocycles. The molecule has 3 heterocycles. The average molecular weight is 888 g/mol. The van der Waals surface area contributed by atoms with Crippen molar-refractivity contribution >= 4 is 106 Å². The maximum Gasteiger partial charge on any atom is 0.143 e. The van der Waals surface area contributed by atoms with Crippen LogP contribution >= 0.6 is 45.4 Å². The quantitative estimate of drug-likeness (QED) is 0.176. The van der Waals surface area contributed by atoms with Crippen LogP contribution in [0.25, 0.3) is 77.3 Å². The molecule has 0 unspecified atom stereocenters. The summed E-state index contributed by atoms with van der Waals surface area (Å²) in [5.41, 5.74) is 16.0. The molecule has 8 aromatic carbocycles. The number of hydrogen-bond donors (Lipinski definition) is 0. The van der Waals surface area contributed by atoms with Gasteiger partial charge in [0.15, 0.2) is 0 Å². The second-order valence-electron chi connectivity index (χ2n) is 13.9. The summed E-state index contributed by atoms with van der Waals surface area (Å²) in [6, 6.07) is 58.1. The monoisotopic (exact) mass is 885 g/mol. The maximum atomic E-state index is 6.55. The molecule has 0 N–H and O–H groups in total. The lowest BCUT2D eigenvalue weighted by molar-refractivity contribution is 0.669. The fraction of sp³-hybridized carbons (Fsp3) is 0.0588. The molecule has 57 heavy (non-hydrogen) atoms. The molecule has 0 spiro atoms. The molecule has 0 aliphatic carbocycles. The highest BCUT2D eigenvalue weighted by Gasteiger charge is 2.29. The molecule has 0 bridgehead atoms. The minimum atomic E-state index is 0. The number of fused-ring (bicyclic) bond motifs is 8. The molecule has 0 saturated carbocycles. The van der Waals surface area contributed by atoms with Gasteiger partial charge in [-0.25, -0.2) is 0 Å². The van der Waals surface area contributed by atoms with Crippen molar-refractivity contribution in [1.82, 2.24) is 0 Å². The summed E-state index contributed by atoms with van der Waals surface area (Å²) < 4.78 is 15.2. The zero-order valence-electron chi connectivity index (χ0n) is 31.3. The zero-order valence-corrected chi connectivity index (χ0v) is 35.5. The number of hydrogen-bond acceptors (Lipinski definition) is 3. The van der Waals surface area contributed by atoms with Crippen LogP contribution in [-0.2, 0) is 6.42 Å². The van der Waals surface area contributed by atoms with E-state index in [1.165, 1.54) is 22.3 Å². The Morgan fingerprint density at radius 2 is 0.877 bits per heavy atom. The Morgan fingerprint density at radius 1 is 0.439 bits per heavy atom. The lowest BCUT2D eigenvalue weighted by atomic mass is 9.90. The molecule has 0 radical (unpaired) electrons. The number of para-hydroxylation sites is 4. The summed E-state index contributed by atoms with van der Waals surface area (Å²) in [4.78, 5) is 2.42. The van der Waals surface area contributed by atoms with Crippen molar-refractivity contribution < 1.29 is 8.83 Å². The van der Waals surface area contributed by atoms with Crippen LogP contribution in [0.5, 0.6) is 0 Å². The van der Waals surface area contributed by atoms with E-state index < -0.39 is 0 Å². The van der Waals surface area contributed by atoms with Gasteiger partial charge in [-0.2, -0.15) is 13.5 Å². The fourth-order valence-electron chi connectivity index (χ4n) is 8.28. The molecule has 3 nitrogen and oxygen atoms in total. The number of halogens is 2. The Balaban J connectivity index is 0.00000139. The van der Waals surface area contributed by atoms with Crippen molar-refractivity contribution in [2.75, 3.05) is 4.90 Å². The van der Waals surface area contributed by atoms with E-state index in [9.17, 15) is 0 Å². The standard InChI is InChI=1S/C49H29Br2NO2.C2H6.H2S/c50-42-25-31-24-32-26-43(51)41(39-17-9-15-37-35-13-5-7-19-47(35)54-49(37)39)28-45(32)52(33-22-20-30(21-23-33)29-10-2-1-3-11-29)44(31)27-40(42)38-16-8-14-36-34-12-4-6-18-46(34)53-48(36)38;1-2;/h1-23,25-28H,24H2;1-2H3;1H2. The molecule has 1 aliphatic rings. The highest BCUT2D eigenvalue weighted by Crippen LogP contribution is 2.51. The third-order valence-electron chi connectivity index (χ3n) is 10.8. The topological polar surface area (TPSA) is 29.5 Å². The Bertz CT molecular complexity index is 2940. The van der Waals surface area contributed by atoms with Crippen LogP contribution in [-0.4, -0.2) is 0 Å². The van der Waals surface area contributed by atoms with Gasteiger partial charge in [-0.15, -0.1) is 0 Å². The molecular formula is C51H37Br2NO2S. The highest BCUT2D eigenvalue weighted by atomic mass is 79.9. The maximum absolute atomic E-state index is 6.55. The van der Waals surface area contributed by atoms with Crippen molar-refractivity contribution in [3.63, 3.8) is 0 Å². The molecule has 10 aromatic rings. The minimum absolute atomic E-state index is 0. The van der Waals surface area contributed by atoms with Crippen molar-refractivity contribution in [3.05, 3.63) is 184 Å². The second kappa shape index (κ2) is 15.1. The van der Waals surface area contributed by atoms with E-state index in [-0.39, 0.29) is 13.5 Å². The van der Waals surface area contributed by atoms with Crippen LogP contribution in [0.2, 0.25) is 0 Å². The van der Waals surface area contributed by atoms with Crippen LogP contribution in [0.4, 0.5) is 17.1 Å². The summed E-state index contributed by atoms with van der Waals surface area (Å²) in [6.45, 7) is 4.00. The van der Waals surface area contributed by atoms with E-state index in [0.29, 0.717) is 0 Å². The Labute approximate surface area is 355 Å². The van der Waals surface area contributed by atoms with Crippen molar-refractivity contribution in [2.45, 2.75) is 20.3 Å². The predicted octanol–water partition coefficient (Wildman–Crippen LogP) is 16.5. The van der Waals surface area contributed by atoms with Crippen molar-refractivity contribution in [2.24, 2.45) is 0 Å². The molecule has 0 amide bonds. The number of benzene rings is 8. The molecule has 0 atom stereocenters. The molecule has 0 fully saturated rings. The normalized spacial score (nSPS) is 12.0. The second-order valence-corrected chi connectivity index (χ2v) is 15.6. The van der Waals surface area contributed by atoms with Gasteiger partial charge < -0.3 is 13.7 Å². The molecule has 6 heteroatoms. The van der Waals surface area contributed by atoms with Gasteiger partial charge in [0.1, 0.15) is 22.3 Å². The first-order chi connectivity index (χ1) is 27.6. The number of rotatable bonds is 4. The van der Waals surface area contributed by atoms with Crippen LogP contribution < -0.4 is 4.90 Å². The summed E-state index contributed by atoms with van der Waals surface area (Å²) in [5, 5.41) is 4.46. The fourth-order valence-corrected chi connectivity index (χ4v) is 9.49. The lowest BCUT2D eigenvalue weighted by Gasteiger charge is -2.35. The molecule has 11 rings (SSSR count). The molecule has 0 saturated heterocycles. The Morgan fingerprint density at radius 3 is 1.39 bits per heavy atom. The lowest BCUT2D eigenvalue weighted by Crippen LogP contribution is -2.19. The Hall–Kier alpha value is -5.53. The largest absolute Gasteiger partial charge is 0.455 e. The molecule has 1 aliphatic heterocycles. The first-order valence-electron chi connectivity index (χ1n) is 19.0. The van der Waals surface area contributed by atoms with E-state index in [1.807, 2.05) is 38.1 Å². The SMILES string of the molecule is Brc1cc2c(cc1-c1cccc3c1oc1ccccc13)N(c1ccc(-c3ccccc3)cc1)c1cc(-c3cccc4c3oc3ccccc34)c(Br)cc1C2.CC.S. The van der Waals surface area contributed by atoms with E-state index in [0.717, 1.165) is 98.6 Å². The predicted molar refractivity (Wildman–Crippen MR) is 252 cm³/mol. The summed E-state index contributed by atoms with van der Waals surface area (Å²) in [5.74, 6) is 0. The minimum Gasteiger partial charge on any atom is -0.455 e. The van der Waals surface area contributed by atoms with Gasteiger partial charge in [-0.3, -0.25) is 0 Å². The summed E-state index contributed by atoms with van der Waals surface area (Å²) in [6.07, 6.45) is 0.782. The molecule has 278 valence electrons. The van der Waals surface area contributed by atoms with Gasteiger partial charge >= 0.3 is 0 Å². The van der Waals surface area contributed by atoms with Crippen LogP contribution in [0, 0.1) is 0 Å². The van der Waals surface area contributed by atoms with Gasteiger partial charge in [-0.1, -0.05) is 161 Å². The van der Waals surface area contributed by atoms with Gasteiger partial charge in [-0.05, 0) is 70.8 Å². The third kappa shape index (κ3) is 6.18. The number of nitrogens with zero attached hydrogens (tertiary/aromatic N) is 1. The zero-order chi connectivity index (χ0) is 37.9. The smallest absolute Gasteiger partial charge is 0.143 e. The van der Waals surface area contributed by atoms with E-state index >= 15 is 0 Å². The van der Waals surface area contributed by atoms with Crippen LogP contribution in [0.1, 0.15) is 25.0 Å². The van der Waals surface area contributed by atoms with Crippen molar-refractivity contribution in [3.8, 4) is 33.4 Å². The summed E-state index contributed by atoms with van der Waals surface area (Å²) >= 11 is 8.01. The van der Waals surface area contributed by atoms with Crippen LogP contribution in [0.3, 0.4) is 0 Å². The van der Waals surface area contributed by atoms with E-state index in [4.69, 9.17) is 8.83 Å². The average Bonchev–Trinajstić information content (AvgIpc) is 3.83. The number of anilines is 3. The van der Waals surface area contributed by atoms with Gasteiger partial charge in [0.05, 0.1) is 11.4 Å². The van der Waals surface area contributed by atoms with Crippen LogP contribution in [0.15, 0.2) is 182 Å². The van der Waals surface area contributed by atoms with E-state index in [1.54, 1.807) is 0 Å². The van der Waals surface area contributed by atoms with Crippen molar-refractivity contribution in [1.29, 1.82) is 0 Å². The first kappa shape index (κ1) is 37.1. The first-order valence-corrected chi connectivity index (χ1v) is 20.6. The van der Waals surface area contributed by atoms with Gasteiger partial charge in [0.2, 0.25) is 0 Å². The van der Waals surface area contributed by atoms with Gasteiger partial charge in [0.25, 0.3) is 0 Å². The number of furan rings is 2. The third-order valence-corrected chi connectivity index (χ3v) is 12.1. The summed E-state index contributed by atoms with van der Waals surface area (Å²) in [7, 11) is 0.